The third-order valence-corrected chi connectivity index (χ3v) is 4.50. The van der Waals surface area contributed by atoms with E-state index in [0.717, 1.165) is 24.4 Å². The van der Waals surface area contributed by atoms with Crippen molar-refractivity contribution in [3.8, 4) is 0 Å². The van der Waals surface area contributed by atoms with Gasteiger partial charge < -0.3 is 5.32 Å². The molecule has 190 valence electrons. The van der Waals surface area contributed by atoms with Crippen molar-refractivity contribution >= 4 is 17.5 Å². The second-order valence-electron chi connectivity index (χ2n) is 6.55. The Kier molecular flexibility index (Phi) is 7.34. The highest BCUT2D eigenvalue weighted by atomic mass is 35.5. The molecule has 1 atom stereocenters. The molecular weight excluding hydrogens is 524 g/mol. The molecule has 2 nitrogen and oxygen atoms in total. The van der Waals surface area contributed by atoms with Gasteiger partial charge in [0.05, 0.1) is 6.04 Å². The minimum atomic E-state index is -8.28. The number of carbonyl (C=O) groups excluding carboxylic acids is 1. The van der Waals surface area contributed by atoms with Gasteiger partial charge >= 0.3 is 40.9 Å². The van der Waals surface area contributed by atoms with Gasteiger partial charge in [-0.2, -0.15) is 61.5 Å². The summed E-state index contributed by atoms with van der Waals surface area (Å²) in [7, 11) is 0. The van der Waals surface area contributed by atoms with Crippen molar-refractivity contribution in [3.63, 3.8) is 0 Å². The summed E-state index contributed by atoms with van der Waals surface area (Å²) in [4.78, 5) is 11.5. The first kappa shape index (κ1) is 29.0. The largest absolute Gasteiger partial charge is 0.393 e. The summed E-state index contributed by atoms with van der Waals surface area (Å²) in [6, 6.07) is 4.42. The number of benzene rings is 1. The summed E-state index contributed by atoms with van der Waals surface area (Å²) >= 11 is 3.49. The highest BCUT2D eigenvalue weighted by molar-refractivity contribution is 6.22. The zero-order chi connectivity index (χ0) is 26.5. The molecule has 1 aromatic carbocycles. The van der Waals surface area contributed by atoms with E-state index in [1.54, 1.807) is 0 Å². The molecule has 0 saturated heterocycles. The minimum Gasteiger partial charge on any atom is -0.344 e. The molecule has 17 heteroatoms. The minimum absolute atomic E-state index is 0.0995. The average molecular weight is 534 g/mol. The zero-order valence-electron chi connectivity index (χ0n) is 15.5. The maximum absolute atomic E-state index is 13.8. The van der Waals surface area contributed by atoms with Crippen LogP contribution in [0.15, 0.2) is 30.3 Å². The van der Waals surface area contributed by atoms with Crippen LogP contribution in [0.1, 0.15) is 18.5 Å². The summed E-state index contributed by atoms with van der Waals surface area (Å²) in [5.41, 5.74) is -0.0995. The predicted octanol–water partition coefficient (Wildman–Crippen LogP) is 6.51. The van der Waals surface area contributed by atoms with E-state index in [-0.39, 0.29) is 5.56 Å². The number of nitrogens with one attached hydrogen (secondary N) is 1. The topological polar surface area (TPSA) is 29.1 Å². The molecule has 1 amide bonds. The Morgan fingerprint density at radius 2 is 1.06 bits per heavy atom. The van der Waals surface area contributed by atoms with Crippen molar-refractivity contribution < 1.29 is 66.3 Å². The van der Waals surface area contributed by atoms with Gasteiger partial charge in [-0.3, -0.25) is 4.79 Å². The van der Waals surface area contributed by atoms with Crippen LogP contribution in [0.4, 0.5) is 61.5 Å². The molecule has 0 fully saturated rings. The molecule has 0 heterocycles. The Hall–Kier alpha value is -2.00. The Morgan fingerprint density at radius 3 is 1.45 bits per heavy atom. The summed E-state index contributed by atoms with van der Waals surface area (Å²) in [5, 5.41) is -5.68. The zero-order valence-corrected chi connectivity index (χ0v) is 16.3. The molecule has 0 aliphatic rings. The van der Waals surface area contributed by atoms with Crippen molar-refractivity contribution in [1.82, 2.24) is 5.32 Å². The smallest absolute Gasteiger partial charge is 0.344 e. The van der Waals surface area contributed by atoms with Gasteiger partial charge in [-0.15, -0.1) is 0 Å². The molecular formula is C16H10ClF14NO. The lowest BCUT2D eigenvalue weighted by molar-refractivity contribution is -0.431. The van der Waals surface area contributed by atoms with E-state index in [1.165, 1.54) is 18.2 Å². The van der Waals surface area contributed by atoms with Crippen LogP contribution in [-0.2, 0) is 4.79 Å². The number of hydrogen-bond acceptors (Lipinski definition) is 1. The average Bonchev–Trinajstić information content (AvgIpc) is 2.66. The number of rotatable bonds is 9. The summed E-state index contributed by atoms with van der Waals surface area (Å²) in [6.45, 7) is 0.839. The van der Waals surface area contributed by atoms with E-state index in [2.05, 4.69) is 11.6 Å². The van der Waals surface area contributed by atoms with E-state index < -0.39 is 52.9 Å². The lowest BCUT2D eigenvalue weighted by Gasteiger charge is -2.41. The maximum Gasteiger partial charge on any atom is 0.393 e. The Bertz CT molecular complexity index is 853. The first-order valence-corrected chi connectivity index (χ1v) is 8.48. The monoisotopic (exact) mass is 533 g/mol. The molecule has 0 aliphatic carbocycles. The van der Waals surface area contributed by atoms with Crippen LogP contribution in [-0.4, -0.2) is 46.8 Å². The van der Waals surface area contributed by atoms with E-state index in [0.29, 0.717) is 0 Å². The Morgan fingerprint density at radius 1 is 0.697 bits per heavy atom. The van der Waals surface area contributed by atoms with Gasteiger partial charge in [-0.1, -0.05) is 30.3 Å². The second-order valence-corrected chi connectivity index (χ2v) is 7.02. The van der Waals surface area contributed by atoms with Gasteiger partial charge in [0, 0.05) is 0 Å². The predicted molar refractivity (Wildman–Crippen MR) is 83.5 cm³/mol. The van der Waals surface area contributed by atoms with Crippen LogP contribution >= 0.6 is 11.6 Å². The number of hydrogen-bond donors (Lipinski definition) is 1. The summed E-state index contributed by atoms with van der Waals surface area (Å²) in [5.74, 6) is -50.3. The number of carbonyl (C=O) groups is 1. The van der Waals surface area contributed by atoms with Gasteiger partial charge in [0.25, 0.3) is 5.91 Å². The SMILES string of the molecule is CC(NC(=O)C(F)(F)C(F)(F)C(F)(F)C(F)(F)C(F)(F)C(F)(F)C(F)(F)Cl)c1ccccc1. The van der Waals surface area contributed by atoms with Crippen LogP contribution in [0.5, 0.6) is 0 Å². The standard InChI is InChI=1S/C16H10ClF14NO/c1-7(8-5-3-2-4-6-8)32-9(33)10(18,19)11(20,21)12(22,23)13(24,25)14(26,27)15(28,29)16(17,30)31/h2-7H,1H3,(H,32,33). The van der Waals surface area contributed by atoms with Crippen molar-refractivity contribution in [2.24, 2.45) is 0 Å². The van der Waals surface area contributed by atoms with Crippen molar-refractivity contribution in [3.05, 3.63) is 35.9 Å². The molecule has 0 bridgehead atoms. The molecule has 1 rings (SSSR count). The van der Waals surface area contributed by atoms with Crippen molar-refractivity contribution in [2.75, 3.05) is 0 Å². The fourth-order valence-corrected chi connectivity index (χ4v) is 2.34. The fourth-order valence-electron chi connectivity index (χ4n) is 2.22. The van der Waals surface area contributed by atoms with E-state index in [4.69, 9.17) is 0 Å². The van der Waals surface area contributed by atoms with Gasteiger partial charge in [0.15, 0.2) is 0 Å². The van der Waals surface area contributed by atoms with Crippen LogP contribution in [0, 0.1) is 0 Å². The fraction of sp³-hybridized carbons (Fsp3) is 0.562. The molecule has 0 spiro atoms. The van der Waals surface area contributed by atoms with E-state index in [9.17, 15) is 66.3 Å². The van der Waals surface area contributed by atoms with Crippen LogP contribution in [0.25, 0.3) is 0 Å². The summed E-state index contributed by atoms with van der Waals surface area (Å²) in [6.07, 6.45) is 0. The van der Waals surface area contributed by atoms with Crippen LogP contribution in [0.2, 0.25) is 0 Å². The van der Waals surface area contributed by atoms with Gasteiger partial charge in [-0.25, -0.2) is 0 Å². The lowest BCUT2D eigenvalue weighted by Crippen LogP contribution is -2.73. The highest BCUT2D eigenvalue weighted by Crippen LogP contribution is 2.62. The number of alkyl halides is 15. The molecule has 1 aromatic rings. The van der Waals surface area contributed by atoms with Crippen molar-refractivity contribution in [1.29, 1.82) is 0 Å². The molecule has 0 aromatic heterocycles. The third kappa shape index (κ3) is 4.30. The Labute approximate surface area is 179 Å². The molecule has 0 aliphatic heterocycles. The van der Waals surface area contributed by atoms with E-state index >= 15 is 0 Å². The molecule has 1 N–H and O–H groups in total. The van der Waals surface area contributed by atoms with Gasteiger partial charge in [0.2, 0.25) is 0 Å². The van der Waals surface area contributed by atoms with Crippen LogP contribution in [0.3, 0.4) is 0 Å². The highest BCUT2D eigenvalue weighted by Gasteiger charge is 2.93. The molecule has 0 radical (unpaired) electrons. The Balaban J connectivity index is 3.43. The van der Waals surface area contributed by atoms with Crippen LogP contribution < -0.4 is 5.32 Å². The first-order valence-electron chi connectivity index (χ1n) is 8.10. The normalized spacial score (nSPS) is 15.9. The van der Waals surface area contributed by atoms with E-state index in [1.807, 2.05) is 0 Å². The van der Waals surface area contributed by atoms with Gasteiger partial charge in [-0.05, 0) is 24.1 Å². The van der Waals surface area contributed by atoms with Gasteiger partial charge in [0.1, 0.15) is 0 Å². The van der Waals surface area contributed by atoms with Crippen molar-refractivity contribution in [2.45, 2.75) is 53.9 Å². The summed E-state index contributed by atoms with van der Waals surface area (Å²) < 4.78 is 187. The quantitative estimate of drug-likeness (QED) is 0.285. The lowest BCUT2D eigenvalue weighted by atomic mass is 9.91. The second kappa shape index (κ2) is 8.34. The maximum atomic E-state index is 13.8. The number of amides is 1. The first-order chi connectivity index (χ1) is 14.4. The molecule has 33 heavy (non-hydrogen) atoms. The third-order valence-electron chi connectivity index (χ3n) is 4.26. The molecule has 1 unspecified atom stereocenters. The number of halogens is 15. The molecule has 0 saturated carbocycles.